The summed E-state index contributed by atoms with van der Waals surface area (Å²) in [6.45, 7) is 1.64. The van der Waals surface area contributed by atoms with Crippen LogP contribution in [0.2, 0.25) is 5.02 Å². The molecule has 5 aromatic rings. The Morgan fingerprint density at radius 2 is 1.08 bits per heavy atom. The molecule has 51 heavy (non-hydrogen) atoms. The van der Waals surface area contributed by atoms with Crippen molar-refractivity contribution in [2.45, 2.75) is 63.4 Å². The molecule has 0 radical (unpaired) electrons. The van der Waals surface area contributed by atoms with Gasteiger partial charge in [-0.1, -0.05) is 145 Å². The van der Waals surface area contributed by atoms with Crippen molar-refractivity contribution in [2.75, 3.05) is 13.7 Å². The highest BCUT2D eigenvalue weighted by Crippen LogP contribution is 2.39. The largest absolute Gasteiger partial charge is 0.469 e. The van der Waals surface area contributed by atoms with Crippen LogP contribution in [0.1, 0.15) is 39.5 Å². The van der Waals surface area contributed by atoms with Gasteiger partial charge in [0.05, 0.1) is 46.6 Å². The van der Waals surface area contributed by atoms with Gasteiger partial charge in [0.15, 0.2) is 0 Å². The standard InChI is InChI=1S/C43H43ClO7/c1-46-39(45)25-36-24-35(22-23-37(36)44)40-42(49-28-33-18-10-4-11-19-33)43(50-29-34-20-12-5-13-21-34)41(48-27-32-16-8-3-9-17-32)38(51-40)30-47-26-31-14-6-2-7-15-31/h2-24,38,40-43H,25-30H2,1H3. The molecule has 5 aromatic carbocycles. The van der Waals surface area contributed by atoms with Gasteiger partial charge in [-0.25, -0.2) is 0 Å². The van der Waals surface area contributed by atoms with E-state index in [0.717, 1.165) is 27.8 Å². The molecule has 7 nitrogen and oxygen atoms in total. The molecule has 1 fully saturated rings. The summed E-state index contributed by atoms with van der Waals surface area (Å²) in [4.78, 5) is 12.3. The number of benzene rings is 5. The summed E-state index contributed by atoms with van der Waals surface area (Å²) >= 11 is 6.59. The van der Waals surface area contributed by atoms with E-state index in [1.54, 1.807) is 6.07 Å². The SMILES string of the molecule is COC(=O)Cc1cc(C2OC(COCc3ccccc3)C(OCc3ccccc3)C(OCc3ccccc3)C2OCc2ccccc2)ccc1Cl. The highest BCUT2D eigenvalue weighted by molar-refractivity contribution is 6.31. The molecule has 0 aliphatic carbocycles. The van der Waals surface area contributed by atoms with Crippen molar-refractivity contribution < 1.29 is 33.2 Å². The third-order valence-corrected chi connectivity index (χ3v) is 9.21. The van der Waals surface area contributed by atoms with Gasteiger partial charge in [-0.2, -0.15) is 0 Å². The van der Waals surface area contributed by atoms with Gasteiger partial charge in [0.25, 0.3) is 0 Å². The molecule has 1 aliphatic heterocycles. The highest BCUT2D eigenvalue weighted by Gasteiger charge is 2.49. The second kappa shape index (κ2) is 18.8. The summed E-state index contributed by atoms with van der Waals surface area (Å²) in [5.41, 5.74) is 5.53. The number of rotatable bonds is 16. The van der Waals surface area contributed by atoms with Crippen LogP contribution < -0.4 is 0 Å². The van der Waals surface area contributed by atoms with Crippen molar-refractivity contribution in [3.05, 3.63) is 178 Å². The Morgan fingerprint density at radius 1 is 0.608 bits per heavy atom. The third kappa shape index (κ3) is 10.4. The van der Waals surface area contributed by atoms with Crippen molar-refractivity contribution in [1.29, 1.82) is 0 Å². The maximum atomic E-state index is 12.3. The monoisotopic (exact) mass is 706 g/mol. The van der Waals surface area contributed by atoms with Crippen molar-refractivity contribution in [3.8, 4) is 0 Å². The van der Waals surface area contributed by atoms with Crippen molar-refractivity contribution in [3.63, 3.8) is 0 Å². The van der Waals surface area contributed by atoms with Crippen molar-refractivity contribution >= 4 is 17.6 Å². The van der Waals surface area contributed by atoms with E-state index in [2.05, 4.69) is 0 Å². The van der Waals surface area contributed by atoms with E-state index < -0.39 is 30.5 Å². The predicted octanol–water partition coefficient (Wildman–Crippen LogP) is 8.47. The fourth-order valence-corrected chi connectivity index (χ4v) is 6.38. The van der Waals surface area contributed by atoms with Gasteiger partial charge in [0.2, 0.25) is 0 Å². The number of halogens is 1. The summed E-state index contributed by atoms with van der Waals surface area (Å²) < 4.78 is 38.8. The van der Waals surface area contributed by atoms with Crippen LogP contribution in [0.3, 0.4) is 0 Å². The fraction of sp³-hybridized carbons (Fsp3) is 0.279. The van der Waals surface area contributed by atoms with E-state index >= 15 is 0 Å². The van der Waals surface area contributed by atoms with Crippen LogP contribution in [0.25, 0.3) is 0 Å². The van der Waals surface area contributed by atoms with Crippen LogP contribution in [-0.2, 0) is 66.1 Å². The number of hydrogen-bond donors (Lipinski definition) is 0. The molecule has 6 rings (SSSR count). The quantitative estimate of drug-likeness (QED) is 0.0954. The van der Waals surface area contributed by atoms with Gasteiger partial charge in [-0.15, -0.1) is 0 Å². The lowest BCUT2D eigenvalue weighted by Crippen LogP contribution is -2.58. The van der Waals surface area contributed by atoms with Crippen LogP contribution in [0, 0.1) is 0 Å². The molecular formula is C43H43ClO7. The maximum Gasteiger partial charge on any atom is 0.310 e. The molecule has 264 valence electrons. The smallest absolute Gasteiger partial charge is 0.310 e. The zero-order valence-corrected chi connectivity index (χ0v) is 29.4. The fourth-order valence-electron chi connectivity index (χ4n) is 6.19. The van der Waals surface area contributed by atoms with Gasteiger partial charge in [-0.3, -0.25) is 4.79 Å². The summed E-state index contributed by atoms with van der Waals surface area (Å²) in [5.74, 6) is -0.388. The Labute approximate surface area is 305 Å². The number of carbonyl (C=O) groups is 1. The normalized spacial score (nSPS) is 20.2. The van der Waals surface area contributed by atoms with Crippen molar-refractivity contribution in [2.24, 2.45) is 0 Å². The van der Waals surface area contributed by atoms with E-state index in [4.69, 9.17) is 40.0 Å². The van der Waals surface area contributed by atoms with Gasteiger partial charge in [-0.05, 0) is 39.4 Å². The Bertz CT molecular complexity index is 1770. The Kier molecular flexibility index (Phi) is 13.4. The first kappa shape index (κ1) is 36.5. The van der Waals surface area contributed by atoms with Crippen LogP contribution in [0.15, 0.2) is 140 Å². The molecule has 1 aliphatic rings. The first-order chi connectivity index (χ1) is 25.1. The van der Waals surface area contributed by atoms with Gasteiger partial charge < -0.3 is 28.4 Å². The molecule has 0 spiro atoms. The summed E-state index contributed by atoms with van der Waals surface area (Å²) in [6, 6.07) is 45.7. The summed E-state index contributed by atoms with van der Waals surface area (Å²) in [5, 5.41) is 0.463. The summed E-state index contributed by atoms with van der Waals surface area (Å²) in [6.07, 6.45) is -2.91. The van der Waals surface area contributed by atoms with Crippen LogP contribution in [0.5, 0.6) is 0 Å². The van der Waals surface area contributed by atoms with E-state index in [0.29, 0.717) is 37.0 Å². The number of carbonyl (C=O) groups excluding carboxylic acids is 1. The molecule has 8 heteroatoms. The zero-order chi connectivity index (χ0) is 35.3. The van der Waals surface area contributed by atoms with Crippen LogP contribution >= 0.6 is 11.6 Å². The van der Waals surface area contributed by atoms with E-state index in [9.17, 15) is 4.79 Å². The molecule has 0 bridgehead atoms. The molecular weight excluding hydrogens is 664 g/mol. The second-order valence-electron chi connectivity index (χ2n) is 12.5. The predicted molar refractivity (Wildman–Crippen MR) is 196 cm³/mol. The molecule has 0 amide bonds. The molecule has 1 saturated heterocycles. The average Bonchev–Trinajstić information content (AvgIpc) is 3.18. The highest BCUT2D eigenvalue weighted by atomic mass is 35.5. The second-order valence-corrected chi connectivity index (χ2v) is 12.9. The molecule has 0 aromatic heterocycles. The first-order valence-electron chi connectivity index (χ1n) is 17.2. The molecule has 5 unspecified atom stereocenters. The van der Waals surface area contributed by atoms with Gasteiger partial charge >= 0.3 is 5.97 Å². The lowest BCUT2D eigenvalue weighted by Gasteiger charge is -2.46. The Morgan fingerprint density at radius 3 is 1.59 bits per heavy atom. The number of hydrogen-bond acceptors (Lipinski definition) is 7. The lowest BCUT2D eigenvalue weighted by molar-refractivity contribution is -0.275. The number of methoxy groups -OCH3 is 1. The molecule has 5 atom stereocenters. The minimum absolute atomic E-state index is 0.0196. The molecule has 1 heterocycles. The minimum Gasteiger partial charge on any atom is -0.469 e. The third-order valence-electron chi connectivity index (χ3n) is 8.84. The van der Waals surface area contributed by atoms with E-state index in [1.165, 1.54) is 7.11 Å². The zero-order valence-electron chi connectivity index (χ0n) is 28.6. The Hall–Kier alpha value is -4.34. The molecule has 0 saturated carbocycles. The topological polar surface area (TPSA) is 72.5 Å². The first-order valence-corrected chi connectivity index (χ1v) is 17.5. The van der Waals surface area contributed by atoms with E-state index in [1.807, 2.05) is 133 Å². The van der Waals surface area contributed by atoms with Crippen LogP contribution in [-0.4, -0.2) is 44.1 Å². The number of ether oxygens (including phenoxy) is 6. The maximum absolute atomic E-state index is 12.3. The Balaban J connectivity index is 1.38. The molecule has 0 N–H and O–H groups in total. The average molecular weight is 707 g/mol. The van der Waals surface area contributed by atoms with Crippen LogP contribution in [0.4, 0.5) is 0 Å². The van der Waals surface area contributed by atoms with Crippen molar-refractivity contribution in [1.82, 2.24) is 0 Å². The lowest BCUT2D eigenvalue weighted by atomic mass is 9.89. The summed E-state index contributed by atoms with van der Waals surface area (Å²) in [7, 11) is 1.36. The van der Waals surface area contributed by atoms with Gasteiger partial charge in [0, 0.05) is 5.02 Å². The minimum atomic E-state index is -0.620. The van der Waals surface area contributed by atoms with E-state index in [-0.39, 0.29) is 19.0 Å². The van der Waals surface area contributed by atoms with Gasteiger partial charge in [0.1, 0.15) is 30.5 Å². The number of esters is 1.